The van der Waals surface area contributed by atoms with E-state index in [0.717, 1.165) is 27.6 Å². The number of fused-ring (bicyclic) bond motifs is 3. The molecule has 3 aromatic rings. The smallest absolute Gasteiger partial charge is 0.195 e. The number of rotatable bonds is 2. The molecule has 0 amide bonds. The van der Waals surface area contributed by atoms with Gasteiger partial charge in [0.1, 0.15) is 16.9 Å². The quantitative estimate of drug-likeness (QED) is 0.580. The number of anilines is 1. The van der Waals surface area contributed by atoms with Crippen LogP contribution in [0.3, 0.4) is 0 Å². The normalized spacial score (nSPS) is 12.0. The van der Waals surface area contributed by atoms with Crippen LogP contribution in [0.2, 0.25) is 0 Å². The van der Waals surface area contributed by atoms with Gasteiger partial charge in [-0.3, -0.25) is 4.99 Å². The van der Waals surface area contributed by atoms with Crippen LogP contribution in [0.15, 0.2) is 45.8 Å². The summed E-state index contributed by atoms with van der Waals surface area (Å²) in [5.41, 5.74) is 8.45. The number of hydrogen-bond donors (Lipinski definition) is 1. The van der Waals surface area contributed by atoms with Crippen molar-refractivity contribution in [1.82, 2.24) is 0 Å². The number of hydrogen-bond acceptors (Lipinski definition) is 3. The lowest BCUT2D eigenvalue weighted by molar-refractivity contribution is 0.415. The topological polar surface area (TPSA) is 64.0 Å². The molecule has 0 aliphatic heterocycles. The van der Waals surface area contributed by atoms with Gasteiger partial charge in [-0.2, -0.15) is 0 Å². The van der Waals surface area contributed by atoms with E-state index in [1.165, 1.54) is 0 Å². The fraction of sp³-hybridized carbons (Fsp3) is 0.188. The summed E-state index contributed by atoms with van der Waals surface area (Å²) in [4.78, 5) is 5.87. The summed E-state index contributed by atoms with van der Waals surface area (Å²) >= 11 is 0. The van der Waals surface area contributed by atoms with Crippen molar-refractivity contribution in [3.8, 4) is 5.75 Å². The molecular formula is C16H17N3O2. The van der Waals surface area contributed by atoms with Crippen LogP contribution < -0.4 is 15.4 Å². The first-order valence-corrected chi connectivity index (χ1v) is 6.61. The van der Waals surface area contributed by atoms with E-state index < -0.39 is 0 Å². The number of furan rings is 1. The molecule has 0 bridgehead atoms. The van der Waals surface area contributed by atoms with E-state index in [4.69, 9.17) is 14.9 Å². The van der Waals surface area contributed by atoms with Crippen LogP contribution in [0.25, 0.3) is 21.9 Å². The molecule has 21 heavy (non-hydrogen) atoms. The van der Waals surface area contributed by atoms with Crippen LogP contribution in [0.4, 0.5) is 5.69 Å². The maximum Gasteiger partial charge on any atom is 0.195 e. The number of nitrogens with zero attached hydrogens (tertiary/aromatic N) is 2. The van der Waals surface area contributed by atoms with Gasteiger partial charge in [-0.15, -0.1) is 0 Å². The van der Waals surface area contributed by atoms with Gasteiger partial charge in [-0.25, -0.2) is 0 Å². The molecule has 5 heteroatoms. The zero-order chi connectivity index (χ0) is 15.0. The molecule has 0 spiro atoms. The maximum absolute atomic E-state index is 5.95. The van der Waals surface area contributed by atoms with Gasteiger partial charge in [0.2, 0.25) is 0 Å². The fourth-order valence-electron chi connectivity index (χ4n) is 2.46. The van der Waals surface area contributed by atoms with E-state index in [2.05, 4.69) is 4.99 Å². The Kier molecular flexibility index (Phi) is 3.17. The first-order valence-electron chi connectivity index (χ1n) is 6.61. The first-order chi connectivity index (χ1) is 10.2. The van der Waals surface area contributed by atoms with E-state index >= 15 is 0 Å². The molecule has 2 N–H and O–H groups in total. The zero-order valence-corrected chi connectivity index (χ0v) is 12.3. The van der Waals surface area contributed by atoms with Crippen LogP contribution in [-0.4, -0.2) is 27.2 Å². The Labute approximate surface area is 122 Å². The minimum atomic E-state index is 0.426. The van der Waals surface area contributed by atoms with Gasteiger partial charge in [-0.05, 0) is 6.07 Å². The third-order valence-corrected chi connectivity index (χ3v) is 3.60. The minimum absolute atomic E-state index is 0.426. The van der Waals surface area contributed by atoms with Crippen molar-refractivity contribution in [2.45, 2.75) is 0 Å². The Balaban J connectivity index is 2.39. The van der Waals surface area contributed by atoms with Gasteiger partial charge >= 0.3 is 0 Å². The number of aliphatic imine (C=N–C) groups is 1. The molecule has 0 saturated heterocycles. The van der Waals surface area contributed by atoms with Gasteiger partial charge < -0.3 is 19.8 Å². The summed E-state index contributed by atoms with van der Waals surface area (Å²) < 4.78 is 11.3. The highest BCUT2D eigenvalue weighted by Crippen LogP contribution is 2.38. The number of benzene rings is 2. The predicted molar refractivity (Wildman–Crippen MR) is 86.2 cm³/mol. The summed E-state index contributed by atoms with van der Waals surface area (Å²) in [6, 6.07) is 11.7. The van der Waals surface area contributed by atoms with Crippen LogP contribution >= 0.6 is 0 Å². The third-order valence-electron chi connectivity index (χ3n) is 3.60. The Morgan fingerprint density at radius 3 is 2.71 bits per heavy atom. The average molecular weight is 283 g/mol. The molecule has 0 saturated carbocycles. The predicted octanol–water partition coefficient (Wildman–Crippen LogP) is 2.98. The second kappa shape index (κ2) is 5.01. The second-order valence-electron chi connectivity index (χ2n) is 4.76. The Morgan fingerprint density at radius 2 is 2.00 bits per heavy atom. The summed E-state index contributed by atoms with van der Waals surface area (Å²) in [5, 5.41) is 2.04. The molecule has 108 valence electrons. The molecule has 0 unspecified atom stereocenters. The molecule has 2 aromatic carbocycles. The van der Waals surface area contributed by atoms with E-state index in [0.29, 0.717) is 11.7 Å². The van der Waals surface area contributed by atoms with Gasteiger partial charge in [0.15, 0.2) is 5.96 Å². The molecule has 0 aliphatic rings. The van der Waals surface area contributed by atoms with Crippen LogP contribution in [0.5, 0.6) is 5.75 Å². The Bertz CT molecular complexity index is 836. The van der Waals surface area contributed by atoms with E-state index in [-0.39, 0.29) is 0 Å². The molecule has 3 rings (SSSR count). The van der Waals surface area contributed by atoms with Crippen molar-refractivity contribution >= 4 is 33.6 Å². The number of nitrogens with two attached hydrogens (primary N) is 1. The number of ether oxygens (including phenoxy) is 1. The van der Waals surface area contributed by atoms with Crippen molar-refractivity contribution in [3.05, 3.63) is 36.4 Å². The van der Waals surface area contributed by atoms with E-state index in [1.54, 1.807) is 14.2 Å². The summed E-state index contributed by atoms with van der Waals surface area (Å²) in [5.74, 6) is 1.14. The Morgan fingerprint density at radius 1 is 1.24 bits per heavy atom. The largest absolute Gasteiger partial charge is 0.497 e. The number of methoxy groups -OCH3 is 1. The first kappa shape index (κ1) is 13.3. The van der Waals surface area contributed by atoms with E-state index in [9.17, 15) is 0 Å². The van der Waals surface area contributed by atoms with Crippen molar-refractivity contribution in [1.29, 1.82) is 0 Å². The van der Waals surface area contributed by atoms with Gasteiger partial charge in [0.05, 0.1) is 18.2 Å². The summed E-state index contributed by atoms with van der Waals surface area (Å²) in [6.45, 7) is 0. The van der Waals surface area contributed by atoms with Crippen molar-refractivity contribution in [2.75, 3.05) is 26.1 Å². The lowest BCUT2D eigenvalue weighted by Gasteiger charge is -2.19. The molecule has 0 radical (unpaired) electrons. The Hall–Kier alpha value is -2.69. The molecule has 1 aromatic heterocycles. The summed E-state index contributed by atoms with van der Waals surface area (Å²) in [6.07, 6.45) is 0. The second-order valence-corrected chi connectivity index (χ2v) is 4.76. The maximum atomic E-state index is 5.95. The highest BCUT2D eigenvalue weighted by atomic mass is 16.5. The van der Waals surface area contributed by atoms with Crippen molar-refractivity contribution < 1.29 is 9.15 Å². The van der Waals surface area contributed by atoms with Crippen LogP contribution in [-0.2, 0) is 0 Å². The molecule has 5 nitrogen and oxygen atoms in total. The molecule has 0 atom stereocenters. The number of para-hydroxylation sites is 1. The highest BCUT2D eigenvalue weighted by Gasteiger charge is 2.17. The lowest BCUT2D eigenvalue weighted by atomic mass is 10.1. The SMILES string of the molecule is CN=C(N)N(C)c1cc(OC)cc2oc3ccccc3c12. The van der Waals surface area contributed by atoms with E-state index in [1.807, 2.05) is 48.3 Å². The molecule has 1 heterocycles. The van der Waals surface area contributed by atoms with Crippen LogP contribution in [0.1, 0.15) is 0 Å². The molecule has 0 aliphatic carbocycles. The van der Waals surface area contributed by atoms with Crippen LogP contribution in [0, 0.1) is 0 Å². The summed E-state index contributed by atoms with van der Waals surface area (Å²) in [7, 11) is 5.17. The molecule has 0 fully saturated rings. The molecular weight excluding hydrogens is 266 g/mol. The van der Waals surface area contributed by atoms with Crippen molar-refractivity contribution in [2.24, 2.45) is 10.7 Å². The highest BCUT2D eigenvalue weighted by molar-refractivity contribution is 6.15. The minimum Gasteiger partial charge on any atom is -0.497 e. The standard InChI is InChI=1S/C16H17N3O2/c1-18-16(17)19(2)12-8-10(20-3)9-14-15(12)11-6-4-5-7-13(11)21-14/h4-9H,1-3H3,(H2,17,18). The zero-order valence-electron chi connectivity index (χ0n) is 12.3. The van der Waals surface area contributed by atoms with Gasteiger partial charge in [0, 0.05) is 31.6 Å². The van der Waals surface area contributed by atoms with Gasteiger partial charge in [-0.1, -0.05) is 18.2 Å². The fourth-order valence-corrected chi connectivity index (χ4v) is 2.46. The monoisotopic (exact) mass is 283 g/mol. The lowest BCUT2D eigenvalue weighted by Crippen LogP contribution is -2.33. The van der Waals surface area contributed by atoms with Crippen molar-refractivity contribution in [3.63, 3.8) is 0 Å². The number of guanidine groups is 1. The third kappa shape index (κ3) is 2.07. The van der Waals surface area contributed by atoms with Gasteiger partial charge in [0.25, 0.3) is 0 Å². The average Bonchev–Trinajstić information content (AvgIpc) is 2.90.